The zero-order valence-electron chi connectivity index (χ0n) is 9.41. The molecule has 1 nitrogen and oxygen atoms in total. The van der Waals surface area contributed by atoms with Crippen molar-refractivity contribution in [3.63, 3.8) is 0 Å². The molecule has 0 saturated heterocycles. The summed E-state index contributed by atoms with van der Waals surface area (Å²) < 4.78 is 19.1. The third-order valence-corrected chi connectivity index (χ3v) is 2.68. The molecular weight excluding hydrogens is 239 g/mol. The van der Waals surface area contributed by atoms with E-state index in [-0.39, 0.29) is 5.75 Å². The predicted octanol–water partition coefficient (Wildman–Crippen LogP) is 4.67. The second-order valence-corrected chi connectivity index (χ2v) is 4.08. The van der Waals surface area contributed by atoms with Crippen molar-refractivity contribution in [3.05, 3.63) is 59.4 Å². The minimum atomic E-state index is -0.398. The van der Waals surface area contributed by atoms with E-state index in [1.54, 1.807) is 18.2 Å². The fourth-order valence-corrected chi connectivity index (χ4v) is 1.68. The minimum absolute atomic E-state index is 0.212. The van der Waals surface area contributed by atoms with Crippen LogP contribution >= 0.6 is 11.6 Å². The first-order valence-electron chi connectivity index (χ1n) is 5.28. The quantitative estimate of drug-likeness (QED) is 0.720. The first-order valence-corrected chi connectivity index (χ1v) is 5.81. The van der Waals surface area contributed by atoms with Crippen LogP contribution in [0.25, 0.3) is 0 Å². The molecule has 0 amide bonds. The predicted molar refractivity (Wildman–Crippen MR) is 67.2 cm³/mol. The first-order chi connectivity index (χ1) is 8.19. The molecule has 0 aliphatic carbocycles. The van der Waals surface area contributed by atoms with Crippen molar-refractivity contribution in [1.29, 1.82) is 0 Å². The molecule has 0 aromatic heterocycles. The van der Waals surface area contributed by atoms with Crippen LogP contribution in [0.1, 0.15) is 11.1 Å². The Morgan fingerprint density at radius 2 is 2.00 bits per heavy atom. The maximum absolute atomic E-state index is 13.6. The Hall–Kier alpha value is -1.54. The van der Waals surface area contributed by atoms with Gasteiger partial charge in [0.1, 0.15) is 5.75 Å². The Morgan fingerprint density at radius 1 is 1.18 bits per heavy atom. The highest BCUT2D eigenvalue weighted by molar-refractivity contribution is 6.17. The second kappa shape index (κ2) is 5.19. The van der Waals surface area contributed by atoms with Gasteiger partial charge in [0.15, 0.2) is 11.6 Å². The van der Waals surface area contributed by atoms with Gasteiger partial charge in [0.2, 0.25) is 0 Å². The highest BCUT2D eigenvalue weighted by atomic mass is 35.5. The summed E-state index contributed by atoms with van der Waals surface area (Å²) >= 11 is 5.62. The Balaban J connectivity index is 2.24. The molecule has 0 aliphatic heterocycles. The number of hydrogen-bond donors (Lipinski definition) is 0. The van der Waals surface area contributed by atoms with Gasteiger partial charge in [0.25, 0.3) is 0 Å². The molecule has 0 aliphatic rings. The van der Waals surface area contributed by atoms with Crippen LogP contribution in [0.3, 0.4) is 0 Å². The van der Waals surface area contributed by atoms with Crippen LogP contribution in [0.4, 0.5) is 4.39 Å². The van der Waals surface area contributed by atoms with Crippen LogP contribution < -0.4 is 4.74 Å². The summed E-state index contributed by atoms with van der Waals surface area (Å²) in [6, 6.07) is 12.2. The van der Waals surface area contributed by atoms with Crippen molar-refractivity contribution in [2.24, 2.45) is 0 Å². The minimum Gasteiger partial charge on any atom is -0.454 e. The third kappa shape index (κ3) is 2.98. The number of benzene rings is 2. The second-order valence-electron chi connectivity index (χ2n) is 3.82. The lowest BCUT2D eigenvalue weighted by molar-refractivity contribution is 0.441. The lowest BCUT2D eigenvalue weighted by Crippen LogP contribution is -1.90. The summed E-state index contributed by atoms with van der Waals surface area (Å²) in [7, 11) is 0. The third-order valence-electron chi connectivity index (χ3n) is 2.37. The smallest absolute Gasteiger partial charge is 0.166 e. The summed E-state index contributed by atoms with van der Waals surface area (Å²) in [6.07, 6.45) is 0. The van der Waals surface area contributed by atoms with E-state index >= 15 is 0 Å². The fraction of sp³-hybridized carbons (Fsp3) is 0.143. The molecule has 2 aromatic rings. The molecule has 0 saturated carbocycles. The van der Waals surface area contributed by atoms with Crippen LogP contribution in [0.15, 0.2) is 42.5 Å². The van der Waals surface area contributed by atoms with Crippen LogP contribution in [0.5, 0.6) is 11.5 Å². The number of alkyl halides is 1. The summed E-state index contributed by atoms with van der Waals surface area (Å²) in [6.45, 7) is 1.96. The average Bonchev–Trinajstić information content (AvgIpc) is 2.32. The maximum atomic E-state index is 13.6. The summed E-state index contributed by atoms with van der Waals surface area (Å²) in [5.74, 6) is 0.735. The summed E-state index contributed by atoms with van der Waals surface area (Å²) in [5, 5.41) is 0. The fourth-order valence-electron chi connectivity index (χ4n) is 1.52. The van der Waals surface area contributed by atoms with E-state index in [1.165, 1.54) is 6.07 Å². The monoisotopic (exact) mass is 250 g/mol. The van der Waals surface area contributed by atoms with Gasteiger partial charge in [-0.05, 0) is 42.3 Å². The van der Waals surface area contributed by atoms with Crippen molar-refractivity contribution in [2.75, 3.05) is 0 Å². The zero-order chi connectivity index (χ0) is 12.3. The normalized spacial score (nSPS) is 10.3. The molecule has 88 valence electrons. The van der Waals surface area contributed by atoms with E-state index in [0.29, 0.717) is 11.6 Å². The molecule has 0 N–H and O–H groups in total. The summed E-state index contributed by atoms with van der Waals surface area (Å²) in [4.78, 5) is 0. The number of hydrogen-bond acceptors (Lipinski definition) is 1. The molecule has 0 radical (unpaired) electrons. The zero-order valence-corrected chi connectivity index (χ0v) is 10.2. The lowest BCUT2D eigenvalue weighted by Gasteiger charge is -2.08. The van der Waals surface area contributed by atoms with Crippen molar-refractivity contribution >= 4 is 11.6 Å². The van der Waals surface area contributed by atoms with E-state index in [2.05, 4.69) is 0 Å². The maximum Gasteiger partial charge on any atom is 0.166 e. The molecule has 0 unspecified atom stereocenters. The van der Waals surface area contributed by atoms with Gasteiger partial charge in [-0.25, -0.2) is 4.39 Å². The standard InChI is InChI=1S/C14H12ClFO/c1-10-3-2-4-12(7-10)17-14-6-5-11(9-15)8-13(14)16/h2-8H,9H2,1H3. The first kappa shape index (κ1) is 11.9. The lowest BCUT2D eigenvalue weighted by atomic mass is 10.2. The molecule has 2 rings (SSSR count). The molecule has 3 heteroatoms. The van der Waals surface area contributed by atoms with Gasteiger partial charge >= 0.3 is 0 Å². The molecule has 0 spiro atoms. The van der Waals surface area contributed by atoms with E-state index in [0.717, 1.165) is 11.1 Å². The van der Waals surface area contributed by atoms with E-state index in [4.69, 9.17) is 16.3 Å². The number of rotatable bonds is 3. The largest absolute Gasteiger partial charge is 0.454 e. The van der Waals surface area contributed by atoms with E-state index in [9.17, 15) is 4.39 Å². The van der Waals surface area contributed by atoms with Gasteiger partial charge in [0.05, 0.1) is 0 Å². The number of halogens is 2. The van der Waals surface area contributed by atoms with Gasteiger partial charge in [-0.2, -0.15) is 0 Å². The Kier molecular flexibility index (Phi) is 3.64. The van der Waals surface area contributed by atoms with Crippen LogP contribution in [0.2, 0.25) is 0 Å². The van der Waals surface area contributed by atoms with Gasteiger partial charge in [-0.1, -0.05) is 18.2 Å². The van der Waals surface area contributed by atoms with Crippen molar-refractivity contribution < 1.29 is 9.13 Å². The molecule has 0 fully saturated rings. The number of aryl methyl sites for hydroxylation is 1. The molecule has 0 bridgehead atoms. The van der Waals surface area contributed by atoms with Crippen LogP contribution in [-0.2, 0) is 5.88 Å². The Labute approximate surface area is 105 Å². The summed E-state index contributed by atoms with van der Waals surface area (Å²) in [5.41, 5.74) is 1.81. The van der Waals surface area contributed by atoms with Gasteiger partial charge < -0.3 is 4.74 Å². The van der Waals surface area contributed by atoms with Crippen molar-refractivity contribution in [1.82, 2.24) is 0 Å². The number of ether oxygens (including phenoxy) is 1. The Morgan fingerprint density at radius 3 is 2.65 bits per heavy atom. The SMILES string of the molecule is Cc1cccc(Oc2ccc(CCl)cc2F)c1. The highest BCUT2D eigenvalue weighted by Gasteiger charge is 2.05. The van der Waals surface area contributed by atoms with Crippen molar-refractivity contribution in [3.8, 4) is 11.5 Å². The van der Waals surface area contributed by atoms with E-state index < -0.39 is 5.82 Å². The van der Waals surface area contributed by atoms with Crippen molar-refractivity contribution in [2.45, 2.75) is 12.8 Å². The average molecular weight is 251 g/mol. The molecule has 2 aromatic carbocycles. The van der Waals surface area contributed by atoms with Gasteiger partial charge in [-0.15, -0.1) is 11.6 Å². The highest BCUT2D eigenvalue weighted by Crippen LogP contribution is 2.26. The molecule has 17 heavy (non-hydrogen) atoms. The van der Waals surface area contributed by atoms with Gasteiger partial charge in [-0.3, -0.25) is 0 Å². The Bertz CT molecular complexity index is 525. The molecule has 0 atom stereocenters. The van der Waals surface area contributed by atoms with Gasteiger partial charge in [0, 0.05) is 5.88 Å². The van der Waals surface area contributed by atoms with Crippen LogP contribution in [0, 0.1) is 12.7 Å². The molecular formula is C14H12ClFO. The van der Waals surface area contributed by atoms with E-state index in [1.807, 2.05) is 25.1 Å². The molecule has 0 heterocycles. The topological polar surface area (TPSA) is 9.23 Å². The van der Waals surface area contributed by atoms with Crippen LogP contribution in [-0.4, -0.2) is 0 Å².